The lowest BCUT2D eigenvalue weighted by atomic mass is 10.1. The average molecular weight is 1030 g/mol. The van der Waals surface area contributed by atoms with E-state index in [4.69, 9.17) is 23.3 Å². The van der Waals surface area contributed by atoms with Gasteiger partial charge >= 0.3 is 25.7 Å². The molecule has 0 aliphatic rings. The van der Waals surface area contributed by atoms with Gasteiger partial charge in [-0.2, -0.15) is 0 Å². The van der Waals surface area contributed by atoms with Crippen LogP contribution in [0.25, 0.3) is 0 Å². The van der Waals surface area contributed by atoms with Gasteiger partial charge in [-0.25, -0.2) is 4.57 Å². The summed E-state index contributed by atoms with van der Waals surface area (Å²) in [6.45, 7) is 4.24. The molecule has 0 aromatic carbocycles. The maximum absolute atomic E-state index is 12.9. The van der Waals surface area contributed by atoms with Gasteiger partial charge in [0.2, 0.25) is 0 Å². The van der Waals surface area contributed by atoms with Crippen LogP contribution < -0.4 is 0 Å². The van der Waals surface area contributed by atoms with Crippen molar-refractivity contribution in [3.8, 4) is 0 Å². The number of rotatable bonds is 49. The van der Waals surface area contributed by atoms with E-state index in [1.54, 1.807) is 0 Å². The molecule has 0 aromatic heterocycles. The Balaban J connectivity index is 4.87. The molecule has 408 valence electrons. The summed E-state index contributed by atoms with van der Waals surface area (Å²) in [5, 5.41) is 9.79. The number of esters is 3. The van der Waals surface area contributed by atoms with Gasteiger partial charge in [-0.15, -0.1) is 0 Å². The molecule has 0 radical (unpaired) electrons. The summed E-state index contributed by atoms with van der Waals surface area (Å²) in [5.74, 6) is -1.63. The van der Waals surface area contributed by atoms with Crippen LogP contribution in [0.4, 0.5) is 0 Å². The van der Waals surface area contributed by atoms with Crippen LogP contribution in [0, 0.1) is 0 Å². The van der Waals surface area contributed by atoms with Gasteiger partial charge in [0.25, 0.3) is 0 Å². The molecular weight excluding hydrogens is 928 g/mol. The van der Waals surface area contributed by atoms with Crippen molar-refractivity contribution in [3.05, 3.63) is 122 Å². The molecule has 0 spiro atoms. The zero-order valence-corrected chi connectivity index (χ0v) is 45.7. The van der Waals surface area contributed by atoms with Crippen LogP contribution in [0.2, 0.25) is 0 Å². The minimum Gasteiger partial charge on any atom is -0.462 e. The summed E-state index contributed by atoms with van der Waals surface area (Å²) in [7, 11) is -4.78. The summed E-state index contributed by atoms with van der Waals surface area (Å²) >= 11 is 0. The number of carbonyl (C=O) groups is 3. The molecule has 0 fully saturated rings. The quantitative estimate of drug-likeness (QED) is 0.0197. The Morgan fingerprint density at radius 3 is 1.22 bits per heavy atom. The van der Waals surface area contributed by atoms with Crippen LogP contribution in [0.15, 0.2) is 122 Å². The van der Waals surface area contributed by atoms with Gasteiger partial charge in [-0.1, -0.05) is 187 Å². The number of allylic oxidation sites excluding steroid dienone is 20. The molecule has 0 aromatic rings. The number of ether oxygens (including phenoxy) is 3. The van der Waals surface area contributed by atoms with E-state index in [2.05, 4.69) is 130 Å². The first-order chi connectivity index (χ1) is 35.2. The molecule has 0 amide bonds. The number of aliphatic hydroxyl groups is 1. The number of hydrogen-bond acceptors (Lipinski definition) is 10. The second-order valence-electron chi connectivity index (χ2n) is 17.6. The predicted octanol–water partition coefficient (Wildman–Crippen LogP) is 16.0. The third-order valence-electron chi connectivity index (χ3n) is 10.9. The Bertz CT molecular complexity index is 1670. The van der Waals surface area contributed by atoms with Gasteiger partial charge in [-0.05, 0) is 116 Å². The summed E-state index contributed by atoms with van der Waals surface area (Å²) in [6, 6.07) is 0. The van der Waals surface area contributed by atoms with Crippen molar-refractivity contribution in [3.63, 3.8) is 0 Å². The smallest absolute Gasteiger partial charge is 0.462 e. The van der Waals surface area contributed by atoms with Gasteiger partial charge in [0.15, 0.2) is 6.10 Å². The fraction of sp³-hybridized carbons (Fsp3) is 0.617. The number of unbranched alkanes of at least 4 members (excludes halogenated alkanes) is 12. The topological polar surface area (TPSA) is 155 Å². The zero-order valence-electron chi connectivity index (χ0n) is 44.8. The van der Waals surface area contributed by atoms with Crippen molar-refractivity contribution < 1.29 is 52.2 Å². The van der Waals surface area contributed by atoms with Crippen molar-refractivity contribution in [2.24, 2.45) is 0 Å². The maximum Gasteiger partial charge on any atom is 0.472 e. The number of phosphoric acid groups is 1. The van der Waals surface area contributed by atoms with E-state index in [-0.39, 0.29) is 25.9 Å². The fourth-order valence-electron chi connectivity index (χ4n) is 6.74. The lowest BCUT2D eigenvalue weighted by Gasteiger charge is -2.21. The number of phosphoric ester groups is 1. The molecule has 0 rings (SSSR count). The second-order valence-corrected chi connectivity index (χ2v) is 19.1. The van der Waals surface area contributed by atoms with Gasteiger partial charge < -0.3 is 24.2 Å². The van der Waals surface area contributed by atoms with Gasteiger partial charge in [-0.3, -0.25) is 23.4 Å². The van der Waals surface area contributed by atoms with Crippen LogP contribution >= 0.6 is 7.82 Å². The third-order valence-corrected chi connectivity index (χ3v) is 11.8. The van der Waals surface area contributed by atoms with Crippen molar-refractivity contribution in [2.45, 2.75) is 213 Å². The second kappa shape index (κ2) is 53.2. The molecule has 3 atom stereocenters. The molecule has 3 unspecified atom stereocenters. The normalized spacial score (nSPS) is 14.3. The summed E-state index contributed by atoms with van der Waals surface area (Å²) in [6.07, 6.45) is 64.7. The standard InChI is InChI=1S/C60H97O11P/c1-4-7-10-13-16-19-22-25-26-27-28-29-30-33-34-37-40-43-46-49-58(62)67-53-57(71-60(64)51-48-45-42-39-36-32-24-21-18-15-12-9-6-3)55-69-72(65,66)68-54-56(52-61)70-59(63)50-47-44-41-38-35-31-23-20-17-14-11-8-5-2/h7,9-10,12,16,18-21,23,25-26,28-29,32-34,36,42,45,56-57,61H,4-6,8,11,13-15,17,22,24,27,30-31,35,37-41,43-44,46-55H2,1-3H3,(H,65,66)/b10-7-,12-9-,19-16-,21-18-,23-20-,26-25-,29-28-,34-33-,36-32-,45-42-. The van der Waals surface area contributed by atoms with E-state index in [1.807, 2.05) is 12.2 Å². The molecule has 2 N–H and O–H groups in total. The molecule has 0 saturated carbocycles. The highest BCUT2D eigenvalue weighted by molar-refractivity contribution is 7.47. The maximum atomic E-state index is 12.9. The minimum absolute atomic E-state index is 0.0320. The van der Waals surface area contributed by atoms with Crippen LogP contribution in [-0.2, 0) is 42.2 Å². The first-order valence-corrected chi connectivity index (χ1v) is 28.9. The van der Waals surface area contributed by atoms with Crippen LogP contribution in [0.1, 0.15) is 201 Å². The van der Waals surface area contributed by atoms with E-state index < -0.39 is 57.8 Å². The first kappa shape index (κ1) is 67.9. The van der Waals surface area contributed by atoms with Crippen LogP contribution in [-0.4, -0.2) is 66.5 Å². The Labute approximate surface area is 437 Å². The lowest BCUT2D eigenvalue weighted by Crippen LogP contribution is -2.30. The van der Waals surface area contributed by atoms with E-state index in [9.17, 15) is 28.9 Å². The Kier molecular flexibility index (Phi) is 50.1. The monoisotopic (exact) mass is 1020 g/mol. The number of hydrogen-bond donors (Lipinski definition) is 2. The van der Waals surface area contributed by atoms with Crippen molar-refractivity contribution >= 4 is 25.7 Å². The van der Waals surface area contributed by atoms with E-state index in [0.717, 1.165) is 109 Å². The highest BCUT2D eigenvalue weighted by Crippen LogP contribution is 2.43. The van der Waals surface area contributed by atoms with E-state index >= 15 is 0 Å². The van der Waals surface area contributed by atoms with E-state index in [1.165, 1.54) is 25.7 Å². The van der Waals surface area contributed by atoms with Crippen molar-refractivity contribution in [1.82, 2.24) is 0 Å². The largest absolute Gasteiger partial charge is 0.472 e. The Morgan fingerprint density at radius 1 is 0.403 bits per heavy atom. The highest BCUT2D eigenvalue weighted by Gasteiger charge is 2.28. The molecule has 11 nitrogen and oxygen atoms in total. The summed E-state index contributed by atoms with van der Waals surface area (Å²) in [5.41, 5.74) is 0. The van der Waals surface area contributed by atoms with Crippen molar-refractivity contribution in [2.75, 3.05) is 26.4 Å². The number of aliphatic hydroxyl groups excluding tert-OH is 1. The van der Waals surface area contributed by atoms with Crippen LogP contribution in [0.5, 0.6) is 0 Å². The molecule has 72 heavy (non-hydrogen) atoms. The SMILES string of the molecule is CC/C=C\C/C=C\C/C=C\C/C=C\C/C=C\CCCCCC(=O)OCC(COP(=O)(O)OCC(CO)OC(=O)CCCCCCC/C=C\CCCCCC)OC(=O)CC/C=C\C/C=C\C/C=C\C/C=C\CC. The molecule has 0 aliphatic heterocycles. The predicted molar refractivity (Wildman–Crippen MR) is 297 cm³/mol. The summed E-state index contributed by atoms with van der Waals surface area (Å²) in [4.78, 5) is 48.4. The lowest BCUT2D eigenvalue weighted by molar-refractivity contribution is -0.161. The molecule has 0 saturated heterocycles. The Hall–Kier alpha value is -4.12. The first-order valence-electron chi connectivity index (χ1n) is 27.4. The summed E-state index contributed by atoms with van der Waals surface area (Å²) < 4.78 is 39.3. The average Bonchev–Trinajstić information content (AvgIpc) is 3.37. The fourth-order valence-corrected chi connectivity index (χ4v) is 7.53. The Morgan fingerprint density at radius 2 is 0.750 bits per heavy atom. The minimum atomic E-state index is -4.78. The number of carbonyl (C=O) groups excluding carboxylic acids is 3. The molecule has 0 bridgehead atoms. The van der Waals surface area contributed by atoms with Gasteiger partial charge in [0, 0.05) is 19.3 Å². The van der Waals surface area contributed by atoms with Crippen molar-refractivity contribution in [1.29, 1.82) is 0 Å². The third kappa shape index (κ3) is 50.8. The highest BCUT2D eigenvalue weighted by atomic mass is 31.2. The molecule has 0 heterocycles. The molecule has 12 heteroatoms. The van der Waals surface area contributed by atoms with Crippen LogP contribution in [0.3, 0.4) is 0 Å². The van der Waals surface area contributed by atoms with E-state index in [0.29, 0.717) is 25.7 Å². The zero-order chi connectivity index (χ0) is 52.7. The van der Waals surface area contributed by atoms with Gasteiger partial charge in [0.1, 0.15) is 12.7 Å². The molecule has 0 aliphatic carbocycles. The van der Waals surface area contributed by atoms with Gasteiger partial charge in [0.05, 0.1) is 19.8 Å². The molecular formula is C60H97O11P.